The van der Waals surface area contributed by atoms with E-state index in [4.69, 9.17) is 14.3 Å². The monoisotopic (exact) mass is 218 g/mol. The first-order valence-corrected chi connectivity index (χ1v) is 5.68. The fraction of sp³-hybridized carbons (Fsp3) is 1.00. The van der Waals surface area contributed by atoms with Crippen molar-refractivity contribution in [1.29, 1.82) is 0 Å². The van der Waals surface area contributed by atoms with Gasteiger partial charge in [-0.1, -0.05) is 0 Å². The Hall–Kier alpha value is -0.200. The van der Waals surface area contributed by atoms with Crippen LogP contribution in [0.15, 0.2) is 0 Å². The molecular weight excluding hydrogens is 196 g/mol. The molecule has 90 valence electrons. The molecule has 0 amide bonds. The van der Waals surface area contributed by atoms with E-state index >= 15 is 0 Å². The number of nitrogens with one attached hydrogen (secondary N) is 1. The minimum atomic E-state index is -0.752. The topological polar surface area (TPSA) is 43.0 Å². The highest BCUT2D eigenvalue weighted by molar-refractivity contribution is 4.76. The molecule has 5 heteroatoms. The fourth-order valence-electron chi connectivity index (χ4n) is 1.74. The largest absolute Gasteiger partial charge is 0.335 e. The second-order valence-corrected chi connectivity index (χ2v) is 3.28. The third kappa shape index (κ3) is 3.12. The zero-order valence-electron chi connectivity index (χ0n) is 9.91. The van der Waals surface area contributed by atoms with Gasteiger partial charge in [0.2, 0.25) is 0 Å². The Balaban J connectivity index is 2.68. The van der Waals surface area contributed by atoms with Crippen LogP contribution in [-0.2, 0) is 14.3 Å². The molecule has 5 nitrogen and oxygen atoms in total. The molecule has 0 radical (unpaired) electrons. The zero-order chi connectivity index (χ0) is 11.1. The number of hydrogen-bond acceptors (Lipinski definition) is 5. The third-order valence-electron chi connectivity index (χ3n) is 2.24. The molecule has 0 bridgehead atoms. The summed E-state index contributed by atoms with van der Waals surface area (Å²) in [4.78, 5) is 5.55. The Morgan fingerprint density at radius 2 is 1.80 bits per heavy atom. The predicted molar refractivity (Wildman–Crippen MR) is 57.2 cm³/mol. The lowest BCUT2D eigenvalue weighted by atomic mass is 10.3. The maximum absolute atomic E-state index is 5.69. The van der Waals surface area contributed by atoms with Crippen molar-refractivity contribution >= 4 is 0 Å². The van der Waals surface area contributed by atoms with Gasteiger partial charge in [-0.05, 0) is 20.8 Å². The SMILES string of the molecule is CCON1CCNCC1(OCC)OCC. The molecule has 1 heterocycles. The predicted octanol–water partition coefficient (Wildman–Crippen LogP) is 0.570. The van der Waals surface area contributed by atoms with Crippen LogP contribution in [0.1, 0.15) is 20.8 Å². The maximum Gasteiger partial charge on any atom is 0.265 e. The summed E-state index contributed by atoms with van der Waals surface area (Å²) >= 11 is 0. The van der Waals surface area contributed by atoms with E-state index in [1.807, 2.05) is 20.8 Å². The average Bonchev–Trinajstić information content (AvgIpc) is 2.23. The van der Waals surface area contributed by atoms with Crippen LogP contribution in [0.3, 0.4) is 0 Å². The fourth-order valence-corrected chi connectivity index (χ4v) is 1.74. The number of ether oxygens (including phenoxy) is 2. The van der Waals surface area contributed by atoms with E-state index in [1.165, 1.54) is 0 Å². The Morgan fingerprint density at radius 3 is 2.33 bits per heavy atom. The van der Waals surface area contributed by atoms with Crippen molar-refractivity contribution < 1.29 is 14.3 Å². The summed E-state index contributed by atoms with van der Waals surface area (Å²) in [7, 11) is 0. The van der Waals surface area contributed by atoms with Gasteiger partial charge in [0.25, 0.3) is 5.91 Å². The summed E-state index contributed by atoms with van der Waals surface area (Å²) in [6.07, 6.45) is 0. The first-order chi connectivity index (χ1) is 7.29. The van der Waals surface area contributed by atoms with E-state index in [2.05, 4.69) is 5.32 Å². The van der Waals surface area contributed by atoms with Gasteiger partial charge in [0.05, 0.1) is 13.2 Å². The zero-order valence-corrected chi connectivity index (χ0v) is 9.91. The second-order valence-electron chi connectivity index (χ2n) is 3.28. The Kier molecular flexibility index (Phi) is 5.49. The van der Waals surface area contributed by atoms with Crippen molar-refractivity contribution in [3.8, 4) is 0 Å². The van der Waals surface area contributed by atoms with Gasteiger partial charge < -0.3 is 14.8 Å². The summed E-state index contributed by atoms with van der Waals surface area (Å²) in [6, 6.07) is 0. The van der Waals surface area contributed by atoms with Gasteiger partial charge in [0.1, 0.15) is 0 Å². The van der Waals surface area contributed by atoms with Crippen LogP contribution in [0.4, 0.5) is 0 Å². The van der Waals surface area contributed by atoms with Gasteiger partial charge in [0, 0.05) is 26.3 Å². The van der Waals surface area contributed by atoms with Crippen LogP contribution in [0.25, 0.3) is 0 Å². The molecule has 1 saturated heterocycles. The van der Waals surface area contributed by atoms with Crippen LogP contribution >= 0.6 is 0 Å². The summed E-state index contributed by atoms with van der Waals surface area (Å²) in [5.41, 5.74) is 0. The van der Waals surface area contributed by atoms with Gasteiger partial charge in [-0.25, -0.2) is 0 Å². The number of rotatable bonds is 6. The van der Waals surface area contributed by atoms with Crippen molar-refractivity contribution in [2.75, 3.05) is 39.5 Å². The van der Waals surface area contributed by atoms with Crippen LogP contribution < -0.4 is 5.32 Å². The van der Waals surface area contributed by atoms with Crippen LogP contribution in [0, 0.1) is 0 Å². The lowest BCUT2D eigenvalue weighted by Gasteiger charge is -2.44. The molecule has 15 heavy (non-hydrogen) atoms. The number of hydrogen-bond donors (Lipinski definition) is 1. The summed E-state index contributed by atoms with van der Waals surface area (Å²) in [6.45, 7) is 10.0. The maximum atomic E-state index is 5.69. The Labute approximate surface area is 91.6 Å². The smallest absolute Gasteiger partial charge is 0.265 e. The second kappa shape index (κ2) is 6.40. The molecule has 0 aliphatic carbocycles. The molecule has 1 aliphatic rings. The van der Waals surface area contributed by atoms with Crippen LogP contribution in [0.5, 0.6) is 0 Å². The molecule has 0 unspecified atom stereocenters. The first-order valence-electron chi connectivity index (χ1n) is 5.68. The molecule has 0 aromatic heterocycles. The number of hydroxylamine groups is 2. The van der Waals surface area contributed by atoms with Crippen LogP contribution in [0.2, 0.25) is 0 Å². The summed E-state index contributed by atoms with van der Waals surface area (Å²) in [5, 5.41) is 5.06. The van der Waals surface area contributed by atoms with Crippen LogP contribution in [-0.4, -0.2) is 50.4 Å². The lowest BCUT2D eigenvalue weighted by molar-refractivity contribution is -0.409. The van der Waals surface area contributed by atoms with E-state index in [9.17, 15) is 0 Å². The van der Waals surface area contributed by atoms with Gasteiger partial charge in [-0.2, -0.15) is 0 Å². The normalized spacial score (nSPS) is 21.8. The molecular formula is C10H22N2O3. The van der Waals surface area contributed by atoms with Gasteiger partial charge in [-0.15, -0.1) is 5.06 Å². The molecule has 0 spiro atoms. The van der Waals surface area contributed by atoms with Crippen molar-refractivity contribution in [3.63, 3.8) is 0 Å². The van der Waals surface area contributed by atoms with E-state index in [0.717, 1.165) is 13.1 Å². The standard InChI is InChI=1S/C10H22N2O3/c1-4-13-10(14-5-2)9-11-7-8-12(10)15-6-3/h11H,4-9H2,1-3H3. The quantitative estimate of drug-likeness (QED) is 0.660. The van der Waals surface area contributed by atoms with Crippen molar-refractivity contribution in [1.82, 2.24) is 10.4 Å². The molecule has 1 rings (SSSR count). The number of piperazine rings is 1. The summed E-state index contributed by atoms with van der Waals surface area (Å²) in [5.74, 6) is -0.752. The molecule has 1 fully saturated rings. The molecule has 0 aromatic carbocycles. The summed E-state index contributed by atoms with van der Waals surface area (Å²) < 4.78 is 11.4. The van der Waals surface area contributed by atoms with Gasteiger partial charge in [0.15, 0.2) is 0 Å². The molecule has 1 aliphatic heterocycles. The molecule has 0 atom stereocenters. The Morgan fingerprint density at radius 1 is 1.13 bits per heavy atom. The third-order valence-corrected chi connectivity index (χ3v) is 2.24. The number of nitrogens with zero attached hydrogens (tertiary/aromatic N) is 1. The minimum absolute atomic E-state index is 0.602. The van der Waals surface area contributed by atoms with Crippen molar-refractivity contribution in [3.05, 3.63) is 0 Å². The molecule has 1 N–H and O–H groups in total. The Bertz CT molecular complexity index is 165. The highest BCUT2D eigenvalue weighted by Crippen LogP contribution is 2.21. The van der Waals surface area contributed by atoms with E-state index in [1.54, 1.807) is 5.06 Å². The van der Waals surface area contributed by atoms with Crippen molar-refractivity contribution in [2.45, 2.75) is 26.7 Å². The van der Waals surface area contributed by atoms with Gasteiger partial charge in [-0.3, -0.25) is 4.84 Å². The van der Waals surface area contributed by atoms with E-state index in [-0.39, 0.29) is 0 Å². The van der Waals surface area contributed by atoms with E-state index in [0.29, 0.717) is 26.4 Å². The average molecular weight is 218 g/mol. The molecule has 0 saturated carbocycles. The van der Waals surface area contributed by atoms with Gasteiger partial charge >= 0.3 is 0 Å². The highest BCUT2D eigenvalue weighted by Gasteiger charge is 2.41. The van der Waals surface area contributed by atoms with E-state index < -0.39 is 5.91 Å². The lowest BCUT2D eigenvalue weighted by Crippen LogP contribution is -2.64. The first kappa shape index (κ1) is 12.9. The minimum Gasteiger partial charge on any atom is -0.335 e. The molecule has 0 aromatic rings. The van der Waals surface area contributed by atoms with Crippen molar-refractivity contribution in [2.24, 2.45) is 0 Å². The highest BCUT2D eigenvalue weighted by atomic mass is 16.8.